The van der Waals surface area contributed by atoms with Crippen molar-refractivity contribution in [1.82, 2.24) is 10.6 Å². The van der Waals surface area contributed by atoms with E-state index in [0.29, 0.717) is 19.4 Å². The molecular formula is C13H16F2N2O2. The highest BCUT2D eigenvalue weighted by Crippen LogP contribution is 2.17. The molecule has 2 unspecified atom stereocenters. The average molecular weight is 270 g/mol. The maximum Gasteiger partial charge on any atom is 0.220 e. The van der Waals surface area contributed by atoms with Gasteiger partial charge in [-0.2, -0.15) is 0 Å². The number of carbonyl (C=O) groups excluding carboxylic acids is 1. The zero-order valence-electron chi connectivity index (χ0n) is 10.3. The molecule has 0 aliphatic carbocycles. The number of carbonyl (C=O) groups is 1. The smallest absolute Gasteiger partial charge is 0.220 e. The number of halogens is 2. The van der Waals surface area contributed by atoms with Gasteiger partial charge in [0, 0.05) is 37.2 Å². The van der Waals surface area contributed by atoms with E-state index in [4.69, 9.17) is 0 Å². The molecule has 3 N–H and O–H groups in total. The lowest BCUT2D eigenvalue weighted by Gasteiger charge is -2.25. The van der Waals surface area contributed by atoms with Crippen molar-refractivity contribution >= 4 is 5.91 Å². The van der Waals surface area contributed by atoms with E-state index in [1.807, 2.05) is 0 Å². The average Bonchev–Trinajstić information content (AvgIpc) is 2.37. The van der Waals surface area contributed by atoms with Gasteiger partial charge in [-0.25, -0.2) is 8.78 Å². The Balaban J connectivity index is 1.87. The molecule has 4 nitrogen and oxygen atoms in total. The first-order chi connectivity index (χ1) is 9.06. The zero-order chi connectivity index (χ0) is 13.8. The molecule has 0 saturated carbocycles. The quantitative estimate of drug-likeness (QED) is 0.760. The van der Waals surface area contributed by atoms with E-state index >= 15 is 0 Å². The molecule has 0 aromatic heterocycles. The van der Waals surface area contributed by atoms with Gasteiger partial charge in [0.2, 0.25) is 5.91 Å². The van der Waals surface area contributed by atoms with Crippen LogP contribution in [0.2, 0.25) is 0 Å². The van der Waals surface area contributed by atoms with Gasteiger partial charge >= 0.3 is 0 Å². The van der Waals surface area contributed by atoms with E-state index in [1.54, 1.807) is 0 Å². The van der Waals surface area contributed by atoms with Gasteiger partial charge in [0.15, 0.2) is 0 Å². The number of benzene rings is 1. The number of hydrogen-bond donors (Lipinski definition) is 3. The highest BCUT2D eigenvalue weighted by atomic mass is 19.1. The topological polar surface area (TPSA) is 61.4 Å². The molecule has 1 aromatic carbocycles. The molecule has 0 spiro atoms. The van der Waals surface area contributed by atoms with E-state index in [1.165, 1.54) is 6.07 Å². The molecule has 6 heteroatoms. The minimum Gasteiger partial charge on any atom is -0.387 e. The van der Waals surface area contributed by atoms with E-state index in [0.717, 1.165) is 12.1 Å². The molecule has 19 heavy (non-hydrogen) atoms. The van der Waals surface area contributed by atoms with Crippen molar-refractivity contribution in [3.8, 4) is 0 Å². The minimum absolute atomic E-state index is 0.0168. The Kier molecular flexibility index (Phi) is 4.44. The molecule has 0 radical (unpaired) electrons. The molecular weight excluding hydrogens is 254 g/mol. The predicted octanol–water partition coefficient (Wildman–Crippen LogP) is 0.866. The molecule has 1 aliphatic rings. The fraction of sp³-hybridized carbons (Fsp3) is 0.462. The summed E-state index contributed by atoms with van der Waals surface area (Å²) in [5, 5.41) is 15.6. The molecule has 0 bridgehead atoms. The second kappa shape index (κ2) is 6.08. The highest BCUT2D eigenvalue weighted by Gasteiger charge is 2.19. The van der Waals surface area contributed by atoms with Gasteiger partial charge in [-0.3, -0.25) is 4.79 Å². The number of hydrogen-bond acceptors (Lipinski definition) is 3. The van der Waals surface area contributed by atoms with Crippen LogP contribution in [0.25, 0.3) is 0 Å². The summed E-state index contributed by atoms with van der Waals surface area (Å²) in [6, 6.07) is 3.16. The van der Waals surface area contributed by atoms with Crippen LogP contribution < -0.4 is 10.6 Å². The standard InChI is InChI=1S/C13H16F2N2O2/c14-8-1-3-10(11(15)5-8)12(18)7-16-9-2-4-13(19)17-6-9/h1,3,5,9,12,16,18H,2,4,6-7H2,(H,17,19). The van der Waals surface area contributed by atoms with Crippen molar-refractivity contribution in [2.24, 2.45) is 0 Å². The zero-order valence-corrected chi connectivity index (χ0v) is 10.3. The number of piperidine rings is 1. The molecule has 1 saturated heterocycles. The number of rotatable bonds is 4. The number of nitrogens with one attached hydrogen (secondary N) is 2. The Labute approximate surface area is 109 Å². The molecule has 2 atom stereocenters. The summed E-state index contributed by atoms with van der Waals surface area (Å²) in [6.45, 7) is 0.653. The van der Waals surface area contributed by atoms with E-state index < -0.39 is 17.7 Å². The molecule has 1 fully saturated rings. The van der Waals surface area contributed by atoms with Crippen molar-refractivity contribution in [2.75, 3.05) is 13.1 Å². The number of amides is 1. The summed E-state index contributed by atoms with van der Waals surface area (Å²) in [6.07, 6.45) is 0.0848. The summed E-state index contributed by atoms with van der Waals surface area (Å²) in [4.78, 5) is 11.0. The Morgan fingerprint density at radius 1 is 1.47 bits per heavy atom. The fourth-order valence-electron chi connectivity index (χ4n) is 2.07. The maximum absolute atomic E-state index is 13.4. The summed E-state index contributed by atoms with van der Waals surface area (Å²) in [5.41, 5.74) is 0.0637. The third-order valence-electron chi connectivity index (χ3n) is 3.19. The first kappa shape index (κ1) is 13.9. The lowest BCUT2D eigenvalue weighted by molar-refractivity contribution is -0.122. The molecule has 1 aromatic rings. The van der Waals surface area contributed by atoms with Crippen LogP contribution in [-0.4, -0.2) is 30.1 Å². The van der Waals surface area contributed by atoms with Crippen molar-refractivity contribution in [3.05, 3.63) is 35.4 Å². The number of aliphatic hydroxyl groups excluding tert-OH is 1. The summed E-state index contributed by atoms with van der Waals surface area (Å²) in [7, 11) is 0. The van der Waals surface area contributed by atoms with Crippen LogP contribution in [0.4, 0.5) is 8.78 Å². The molecule has 1 aliphatic heterocycles. The summed E-state index contributed by atoms with van der Waals surface area (Å²) in [5.74, 6) is -1.41. The van der Waals surface area contributed by atoms with Crippen molar-refractivity contribution in [1.29, 1.82) is 0 Å². The van der Waals surface area contributed by atoms with Gasteiger partial charge in [0.05, 0.1) is 6.10 Å². The van der Waals surface area contributed by atoms with Crippen molar-refractivity contribution in [3.63, 3.8) is 0 Å². The van der Waals surface area contributed by atoms with Gasteiger partial charge in [0.1, 0.15) is 11.6 Å². The monoisotopic (exact) mass is 270 g/mol. The highest BCUT2D eigenvalue weighted by molar-refractivity contribution is 5.76. The van der Waals surface area contributed by atoms with Gasteiger partial charge < -0.3 is 15.7 Å². The normalized spacial score (nSPS) is 21.0. The van der Waals surface area contributed by atoms with Crippen molar-refractivity contribution < 1.29 is 18.7 Å². The number of aliphatic hydroxyl groups is 1. The van der Waals surface area contributed by atoms with Crippen LogP contribution in [0, 0.1) is 11.6 Å². The largest absolute Gasteiger partial charge is 0.387 e. The second-order valence-electron chi connectivity index (χ2n) is 4.63. The molecule has 2 rings (SSSR count). The predicted molar refractivity (Wildman–Crippen MR) is 65.4 cm³/mol. The van der Waals surface area contributed by atoms with Crippen LogP contribution >= 0.6 is 0 Å². The van der Waals surface area contributed by atoms with Crippen molar-refractivity contribution in [2.45, 2.75) is 25.0 Å². The van der Waals surface area contributed by atoms with Crippen LogP contribution in [0.3, 0.4) is 0 Å². The second-order valence-corrected chi connectivity index (χ2v) is 4.63. The lowest BCUT2D eigenvalue weighted by atomic mass is 10.1. The van der Waals surface area contributed by atoms with Gasteiger partial charge in [-0.05, 0) is 12.5 Å². The van der Waals surface area contributed by atoms with Gasteiger partial charge in [-0.15, -0.1) is 0 Å². The Morgan fingerprint density at radius 2 is 2.26 bits per heavy atom. The first-order valence-corrected chi connectivity index (χ1v) is 6.19. The van der Waals surface area contributed by atoms with Gasteiger partial charge in [-0.1, -0.05) is 6.07 Å². The fourth-order valence-corrected chi connectivity index (χ4v) is 2.07. The molecule has 1 heterocycles. The Morgan fingerprint density at radius 3 is 2.89 bits per heavy atom. The molecule has 1 amide bonds. The van der Waals surface area contributed by atoms with E-state index in [-0.39, 0.29) is 24.1 Å². The third-order valence-corrected chi connectivity index (χ3v) is 3.19. The Hall–Kier alpha value is -1.53. The lowest BCUT2D eigenvalue weighted by Crippen LogP contribution is -2.46. The van der Waals surface area contributed by atoms with Crippen LogP contribution in [0.1, 0.15) is 24.5 Å². The SMILES string of the molecule is O=C1CCC(NCC(O)c2ccc(F)cc2F)CN1. The van der Waals surface area contributed by atoms with E-state index in [2.05, 4.69) is 10.6 Å². The minimum atomic E-state index is -1.04. The third kappa shape index (κ3) is 3.71. The summed E-state index contributed by atoms with van der Waals surface area (Å²) < 4.78 is 26.2. The Bertz CT molecular complexity index is 458. The van der Waals surface area contributed by atoms with E-state index in [9.17, 15) is 18.7 Å². The van der Waals surface area contributed by atoms with Crippen LogP contribution in [0.5, 0.6) is 0 Å². The molecule has 104 valence electrons. The maximum atomic E-state index is 13.4. The summed E-state index contributed by atoms with van der Waals surface area (Å²) >= 11 is 0. The van der Waals surface area contributed by atoms with Crippen LogP contribution in [-0.2, 0) is 4.79 Å². The van der Waals surface area contributed by atoms with Crippen LogP contribution in [0.15, 0.2) is 18.2 Å². The van der Waals surface area contributed by atoms with Gasteiger partial charge in [0.25, 0.3) is 0 Å². The first-order valence-electron chi connectivity index (χ1n) is 6.19.